The van der Waals surface area contributed by atoms with Crippen LogP contribution in [-0.4, -0.2) is 17.0 Å². The molecule has 4 heteroatoms. The molecular weight excluding hydrogens is 224 g/mol. The summed E-state index contributed by atoms with van der Waals surface area (Å²) in [6.45, 7) is 6.12. The molecule has 0 bridgehead atoms. The molecule has 0 radical (unpaired) electrons. The van der Waals surface area contributed by atoms with Gasteiger partial charge in [-0.3, -0.25) is 0 Å². The predicted octanol–water partition coefficient (Wildman–Crippen LogP) is 2.75. The number of nitrogens with zero attached hydrogens (tertiary/aromatic N) is 3. The summed E-state index contributed by atoms with van der Waals surface area (Å²) in [6, 6.07) is 6.35. The van der Waals surface area contributed by atoms with E-state index < -0.39 is 0 Å². The second-order valence-corrected chi connectivity index (χ2v) is 4.56. The zero-order chi connectivity index (χ0) is 13.3. The molecular formula is C14H18N4. The van der Waals surface area contributed by atoms with Crippen molar-refractivity contribution in [3.05, 3.63) is 41.2 Å². The fraction of sp³-hybridized carbons (Fsp3) is 0.286. The van der Waals surface area contributed by atoms with E-state index in [2.05, 4.69) is 42.0 Å². The van der Waals surface area contributed by atoms with Crippen LogP contribution < -0.4 is 10.6 Å². The van der Waals surface area contributed by atoms with Crippen LogP contribution in [0.25, 0.3) is 0 Å². The first kappa shape index (κ1) is 12.4. The highest BCUT2D eigenvalue weighted by molar-refractivity contribution is 5.68. The summed E-state index contributed by atoms with van der Waals surface area (Å²) >= 11 is 0. The second kappa shape index (κ2) is 4.64. The number of rotatable bonds is 2. The van der Waals surface area contributed by atoms with Crippen LogP contribution >= 0.6 is 0 Å². The van der Waals surface area contributed by atoms with Crippen molar-refractivity contribution < 1.29 is 0 Å². The molecule has 1 heterocycles. The lowest BCUT2D eigenvalue weighted by Crippen LogP contribution is -2.15. The molecule has 0 saturated heterocycles. The Bertz CT molecular complexity index is 578. The quantitative estimate of drug-likeness (QED) is 0.879. The minimum Gasteiger partial charge on any atom is -0.383 e. The number of hydrogen-bond acceptors (Lipinski definition) is 4. The molecule has 2 rings (SSSR count). The van der Waals surface area contributed by atoms with Gasteiger partial charge in [0.2, 0.25) is 0 Å². The van der Waals surface area contributed by atoms with Gasteiger partial charge in [0.05, 0.1) is 0 Å². The molecule has 0 amide bonds. The van der Waals surface area contributed by atoms with Crippen LogP contribution in [0.5, 0.6) is 0 Å². The molecule has 0 spiro atoms. The average molecular weight is 242 g/mol. The van der Waals surface area contributed by atoms with E-state index in [1.165, 1.54) is 17.5 Å². The van der Waals surface area contributed by atoms with Gasteiger partial charge in [0.15, 0.2) is 0 Å². The first-order chi connectivity index (χ1) is 8.50. The van der Waals surface area contributed by atoms with Gasteiger partial charge in [0.25, 0.3) is 0 Å². The third-order valence-corrected chi connectivity index (χ3v) is 3.13. The summed E-state index contributed by atoms with van der Waals surface area (Å²) < 4.78 is 0. The van der Waals surface area contributed by atoms with Gasteiger partial charge in [-0.05, 0) is 32.4 Å². The van der Waals surface area contributed by atoms with E-state index in [9.17, 15) is 0 Å². The Labute approximate surface area is 107 Å². The van der Waals surface area contributed by atoms with Crippen molar-refractivity contribution in [3.63, 3.8) is 0 Å². The molecule has 1 aromatic heterocycles. The fourth-order valence-corrected chi connectivity index (χ4v) is 2.09. The number of aryl methyl sites for hydroxylation is 2. The van der Waals surface area contributed by atoms with Crippen molar-refractivity contribution in [2.75, 3.05) is 17.7 Å². The highest BCUT2D eigenvalue weighted by Gasteiger charge is 2.12. The minimum absolute atomic E-state index is 0.525. The summed E-state index contributed by atoms with van der Waals surface area (Å²) in [7, 11) is 1.99. The molecule has 2 aromatic rings. The molecule has 94 valence electrons. The highest BCUT2D eigenvalue weighted by Crippen LogP contribution is 2.29. The smallest absolute Gasteiger partial charge is 0.141 e. The van der Waals surface area contributed by atoms with E-state index >= 15 is 0 Å². The van der Waals surface area contributed by atoms with E-state index in [0.29, 0.717) is 5.82 Å². The lowest BCUT2D eigenvalue weighted by atomic mass is 10.1. The Balaban J connectivity index is 2.48. The number of benzene rings is 1. The van der Waals surface area contributed by atoms with Gasteiger partial charge in [-0.25, -0.2) is 9.97 Å². The van der Waals surface area contributed by atoms with Crippen LogP contribution in [0.1, 0.15) is 16.7 Å². The maximum atomic E-state index is 5.82. The zero-order valence-electron chi connectivity index (χ0n) is 11.2. The lowest BCUT2D eigenvalue weighted by Gasteiger charge is -2.22. The first-order valence-electron chi connectivity index (χ1n) is 5.88. The minimum atomic E-state index is 0.525. The highest BCUT2D eigenvalue weighted by atomic mass is 15.2. The maximum Gasteiger partial charge on any atom is 0.141 e. The largest absolute Gasteiger partial charge is 0.383 e. The molecule has 0 saturated carbocycles. The molecule has 4 nitrogen and oxygen atoms in total. The number of aromatic nitrogens is 2. The molecule has 0 aliphatic rings. The van der Waals surface area contributed by atoms with Gasteiger partial charge in [0.1, 0.15) is 18.0 Å². The molecule has 0 unspecified atom stereocenters. The molecule has 2 N–H and O–H groups in total. The Morgan fingerprint density at radius 3 is 2.50 bits per heavy atom. The number of anilines is 3. The summed E-state index contributed by atoms with van der Waals surface area (Å²) in [6.07, 6.45) is 1.50. The van der Waals surface area contributed by atoms with Crippen molar-refractivity contribution in [1.29, 1.82) is 0 Å². The summed E-state index contributed by atoms with van der Waals surface area (Å²) in [4.78, 5) is 10.3. The van der Waals surface area contributed by atoms with Gasteiger partial charge in [-0.15, -0.1) is 0 Å². The topological polar surface area (TPSA) is 55.0 Å². The Hall–Kier alpha value is -2.10. The van der Waals surface area contributed by atoms with Crippen LogP contribution in [0.3, 0.4) is 0 Å². The van der Waals surface area contributed by atoms with Gasteiger partial charge in [-0.2, -0.15) is 0 Å². The van der Waals surface area contributed by atoms with Crippen molar-refractivity contribution in [2.24, 2.45) is 0 Å². The fourth-order valence-electron chi connectivity index (χ4n) is 2.09. The first-order valence-corrected chi connectivity index (χ1v) is 5.88. The average Bonchev–Trinajstić information content (AvgIpc) is 2.32. The van der Waals surface area contributed by atoms with Crippen LogP contribution in [0.15, 0.2) is 24.5 Å². The summed E-state index contributed by atoms with van der Waals surface area (Å²) in [5.74, 6) is 1.37. The van der Waals surface area contributed by atoms with Gasteiger partial charge in [-0.1, -0.05) is 17.7 Å². The Kier molecular flexibility index (Phi) is 3.19. The molecule has 0 atom stereocenters. The monoisotopic (exact) mass is 242 g/mol. The molecule has 0 aliphatic carbocycles. The van der Waals surface area contributed by atoms with Crippen molar-refractivity contribution in [1.82, 2.24) is 9.97 Å². The summed E-state index contributed by atoms with van der Waals surface area (Å²) in [5.41, 5.74) is 10.3. The number of hydrogen-bond donors (Lipinski definition) is 1. The van der Waals surface area contributed by atoms with Gasteiger partial charge >= 0.3 is 0 Å². The van der Waals surface area contributed by atoms with Crippen molar-refractivity contribution in [3.8, 4) is 0 Å². The number of nitrogens with two attached hydrogens (primary N) is 1. The van der Waals surface area contributed by atoms with Gasteiger partial charge < -0.3 is 10.6 Å². The molecule has 18 heavy (non-hydrogen) atoms. The number of nitrogen functional groups attached to an aromatic ring is 1. The standard InChI is InChI=1S/C14H18N4/c1-9-5-6-12(10(2)7-9)18(4)14-11(3)13(15)16-8-17-14/h5-8H,1-4H3,(H2,15,16,17). The molecule has 1 aromatic carbocycles. The van der Waals surface area contributed by atoms with Gasteiger partial charge in [0, 0.05) is 18.3 Å². The van der Waals surface area contributed by atoms with Crippen molar-refractivity contribution >= 4 is 17.3 Å². The Morgan fingerprint density at radius 1 is 1.11 bits per heavy atom. The van der Waals surface area contributed by atoms with Crippen molar-refractivity contribution in [2.45, 2.75) is 20.8 Å². The summed E-state index contributed by atoms with van der Waals surface area (Å²) in [5, 5.41) is 0. The third kappa shape index (κ3) is 2.14. The van der Waals surface area contributed by atoms with E-state index in [4.69, 9.17) is 5.73 Å². The predicted molar refractivity (Wildman–Crippen MR) is 75.2 cm³/mol. The molecule has 0 fully saturated rings. The second-order valence-electron chi connectivity index (χ2n) is 4.56. The van der Waals surface area contributed by atoms with E-state index in [1.807, 2.05) is 18.9 Å². The van der Waals surface area contributed by atoms with E-state index in [-0.39, 0.29) is 0 Å². The van der Waals surface area contributed by atoms with Crippen LogP contribution in [-0.2, 0) is 0 Å². The SMILES string of the molecule is Cc1ccc(N(C)c2ncnc(N)c2C)c(C)c1. The van der Waals surface area contributed by atoms with E-state index in [0.717, 1.165) is 17.1 Å². The van der Waals surface area contributed by atoms with Crippen LogP contribution in [0.4, 0.5) is 17.3 Å². The zero-order valence-corrected chi connectivity index (χ0v) is 11.2. The third-order valence-electron chi connectivity index (χ3n) is 3.13. The molecule has 0 aliphatic heterocycles. The Morgan fingerprint density at radius 2 is 1.83 bits per heavy atom. The van der Waals surface area contributed by atoms with E-state index in [1.54, 1.807) is 0 Å². The normalized spacial score (nSPS) is 10.4. The van der Waals surface area contributed by atoms with Crippen LogP contribution in [0, 0.1) is 20.8 Å². The van der Waals surface area contributed by atoms with Crippen LogP contribution in [0.2, 0.25) is 0 Å². The maximum absolute atomic E-state index is 5.82. The lowest BCUT2D eigenvalue weighted by molar-refractivity contribution is 1.05.